The molecule has 0 radical (unpaired) electrons. The largest absolute Gasteiger partial charge is 0.372 e. The van der Waals surface area contributed by atoms with Gasteiger partial charge in [0.15, 0.2) is 0 Å². The van der Waals surface area contributed by atoms with Crippen molar-refractivity contribution in [2.24, 2.45) is 16.6 Å². The lowest BCUT2D eigenvalue weighted by Gasteiger charge is -2.52. The second kappa shape index (κ2) is 3.21. The second-order valence-corrected chi connectivity index (χ2v) is 6.48. The summed E-state index contributed by atoms with van der Waals surface area (Å²) in [4.78, 5) is 0. The zero-order chi connectivity index (χ0) is 11.2. The number of ether oxygens (including phenoxy) is 1. The molecule has 1 aliphatic heterocycles. The van der Waals surface area contributed by atoms with Crippen LogP contribution in [0.2, 0.25) is 0 Å². The molecule has 0 aromatic heterocycles. The van der Waals surface area contributed by atoms with Crippen molar-refractivity contribution in [3.63, 3.8) is 0 Å². The summed E-state index contributed by atoms with van der Waals surface area (Å²) in [5.74, 6) is 0. The van der Waals surface area contributed by atoms with Gasteiger partial charge < -0.3 is 10.5 Å². The first-order valence-electron chi connectivity index (χ1n) is 5.52. The average molecular weight is 199 g/mol. The van der Waals surface area contributed by atoms with Crippen LogP contribution >= 0.6 is 0 Å². The third-order valence-electron chi connectivity index (χ3n) is 3.51. The van der Waals surface area contributed by atoms with Crippen LogP contribution in [0.15, 0.2) is 0 Å². The Morgan fingerprint density at radius 1 is 1.07 bits per heavy atom. The Kier molecular flexibility index (Phi) is 2.75. The maximum atomic E-state index is 6.26. The lowest BCUT2D eigenvalue weighted by atomic mass is 9.59. The van der Waals surface area contributed by atoms with E-state index in [0.717, 1.165) is 13.0 Å². The van der Waals surface area contributed by atoms with E-state index in [9.17, 15) is 0 Å². The summed E-state index contributed by atoms with van der Waals surface area (Å²) in [7, 11) is 0. The van der Waals surface area contributed by atoms with Gasteiger partial charge in [-0.05, 0) is 17.3 Å². The maximum absolute atomic E-state index is 6.26. The van der Waals surface area contributed by atoms with Crippen molar-refractivity contribution in [1.29, 1.82) is 0 Å². The van der Waals surface area contributed by atoms with E-state index in [1.807, 2.05) is 0 Å². The zero-order valence-electron chi connectivity index (χ0n) is 10.5. The summed E-state index contributed by atoms with van der Waals surface area (Å²) in [6, 6.07) is 0.155. The van der Waals surface area contributed by atoms with Gasteiger partial charge in [0.2, 0.25) is 0 Å². The van der Waals surface area contributed by atoms with Gasteiger partial charge in [-0.25, -0.2) is 0 Å². The lowest BCUT2D eigenvalue weighted by Crippen LogP contribution is -2.62. The molecule has 0 aliphatic carbocycles. The molecule has 0 bridgehead atoms. The monoisotopic (exact) mass is 199 g/mol. The van der Waals surface area contributed by atoms with Crippen molar-refractivity contribution in [2.75, 3.05) is 6.61 Å². The van der Waals surface area contributed by atoms with Crippen LogP contribution in [0, 0.1) is 10.8 Å². The molecule has 84 valence electrons. The molecule has 1 saturated heterocycles. The first-order chi connectivity index (χ1) is 6.13. The van der Waals surface area contributed by atoms with Crippen molar-refractivity contribution in [2.45, 2.75) is 59.6 Å². The Morgan fingerprint density at radius 2 is 1.50 bits per heavy atom. The van der Waals surface area contributed by atoms with E-state index in [-0.39, 0.29) is 22.5 Å². The normalized spacial score (nSPS) is 28.1. The maximum Gasteiger partial charge on any atom is 0.0929 e. The molecule has 0 aromatic carbocycles. The number of nitrogens with two attached hydrogens (primary N) is 1. The quantitative estimate of drug-likeness (QED) is 0.651. The third-order valence-corrected chi connectivity index (χ3v) is 3.51. The first kappa shape index (κ1) is 12.0. The molecule has 0 spiro atoms. The Hall–Kier alpha value is -0.0800. The molecule has 0 aromatic rings. The average Bonchev–Trinajstić information content (AvgIpc) is 2.27. The fourth-order valence-electron chi connectivity index (χ4n) is 3.33. The Balaban J connectivity index is 3.16. The van der Waals surface area contributed by atoms with Crippen molar-refractivity contribution in [3.8, 4) is 0 Å². The molecular weight excluding hydrogens is 174 g/mol. The van der Waals surface area contributed by atoms with Crippen LogP contribution in [0.25, 0.3) is 0 Å². The van der Waals surface area contributed by atoms with Gasteiger partial charge in [-0.15, -0.1) is 0 Å². The Morgan fingerprint density at radius 3 is 1.64 bits per heavy atom. The van der Waals surface area contributed by atoms with Gasteiger partial charge in [0.1, 0.15) is 0 Å². The highest BCUT2D eigenvalue weighted by Gasteiger charge is 2.57. The van der Waals surface area contributed by atoms with Gasteiger partial charge in [0, 0.05) is 12.6 Å². The van der Waals surface area contributed by atoms with Gasteiger partial charge in [-0.2, -0.15) is 0 Å². The fraction of sp³-hybridized carbons (Fsp3) is 1.00. The minimum absolute atomic E-state index is 0.0845. The molecule has 2 heteroatoms. The van der Waals surface area contributed by atoms with Crippen molar-refractivity contribution in [1.82, 2.24) is 0 Å². The van der Waals surface area contributed by atoms with E-state index < -0.39 is 0 Å². The summed E-state index contributed by atoms with van der Waals surface area (Å²) in [6.45, 7) is 14.2. The van der Waals surface area contributed by atoms with Crippen molar-refractivity contribution < 1.29 is 4.74 Å². The lowest BCUT2D eigenvalue weighted by molar-refractivity contribution is -0.155. The number of rotatable bonds is 0. The summed E-state index contributed by atoms with van der Waals surface area (Å²) in [6.07, 6.45) is 0.981. The molecule has 1 heterocycles. The summed E-state index contributed by atoms with van der Waals surface area (Å²) in [5.41, 5.74) is 6.24. The summed E-state index contributed by atoms with van der Waals surface area (Å²) < 4.78 is 6.06. The summed E-state index contributed by atoms with van der Waals surface area (Å²) >= 11 is 0. The molecule has 1 aliphatic rings. The van der Waals surface area contributed by atoms with E-state index in [1.54, 1.807) is 0 Å². The van der Waals surface area contributed by atoms with Crippen LogP contribution in [-0.2, 0) is 4.74 Å². The second-order valence-electron chi connectivity index (χ2n) is 6.48. The molecule has 1 fully saturated rings. The van der Waals surface area contributed by atoms with Crippen molar-refractivity contribution >= 4 is 0 Å². The fourth-order valence-corrected chi connectivity index (χ4v) is 3.33. The van der Waals surface area contributed by atoms with E-state index in [1.165, 1.54) is 0 Å². The molecule has 2 N–H and O–H groups in total. The summed E-state index contributed by atoms with van der Waals surface area (Å²) in [5, 5.41) is 0. The van der Waals surface area contributed by atoms with Crippen LogP contribution in [0.4, 0.5) is 0 Å². The van der Waals surface area contributed by atoms with E-state index in [4.69, 9.17) is 10.5 Å². The van der Waals surface area contributed by atoms with Gasteiger partial charge in [0.05, 0.1) is 5.60 Å². The first-order valence-corrected chi connectivity index (χ1v) is 5.52. The predicted octanol–water partition coefficient (Wildman–Crippen LogP) is 2.57. The molecule has 0 saturated carbocycles. The van der Waals surface area contributed by atoms with E-state index in [2.05, 4.69) is 41.5 Å². The SMILES string of the molecule is CC(C)(C)C1(C(C)(C)C)OCC[C@H]1N. The van der Waals surface area contributed by atoms with Gasteiger partial charge in [-0.3, -0.25) is 0 Å². The molecule has 1 atom stereocenters. The molecule has 2 nitrogen and oxygen atoms in total. The minimum Gasteiger partial charge on any atom is -0.372 e. The molecule has 0 unspecified atom stereocenters. The van der Waals surface area contributed by atoms with Crippen LogP contribution in [0.3, 0.4) is 0 Å². The van der Waals surface area contributed by atoms with Gasteiger partial charge in [0.25, 0.3) is 0 Å². The highest BCUT2D eigenvalue weighted by molar-refractivity contribution is 5.09. The standard InChI is InChI=1S/C12H25NO/c1-10(2,3)12(11(4,5)6)9(13)7-8-14-12/h9H,7-8,13H2,1-6H3/t9-/m1/s1. The van der Waals surface area contributed by atoms with E-state index >= 15 is 0 Å². The molecule has 14 heavy (non-hydrogen) atoms. The third kappa shape index (κ3) is 1.49. The zero-order valence-corrected chi connectivity index (χ0v) is 10.5. The predicted molar refractivity (Wildman–Crippen MR) is 60.2 cm³/mol. The van der Waals surface area contributed by atoms with E-state index in [0.29, 0.717) is 0 Å². The minimum atomic E-state index is -0.194. The topological polar surface area (TPSA) is 35.2 Å². The van der Waals surface area contributed by atoms with Crippen molar-refractivity contribution in [3.05, 3.63) is 0 Å². The Bertz CT molecular complexity index is 195. The number of hydrogen-bond acceptors (Lipinski definition) is 2. The van der Waals surface area contributed by atoms with Crippen LogP contribution < -0.4 is 5.73 Å². The van der Waals surface area contributed by atoms with Gasteiger partial charge >= 0.3 is 0 Å². The van der Waals surface area contributed by atoms with Crippen LogP contribution in [0.5, 0.6) is 0 Å². The highest BCUT2D eigenvalue weighted by Crippen LogP contribution is 2.51. The number of hydrogen-bond donors (Lipinski definition) is 1. The molecule has 1 rings (SSSR count). The van der Waals surface area contributed by atoms with Gasteiger partial charge in [-0.1, -0.05) is 41.5 Å². The van der Waals surface area contributed by atoms with Crippen LogP contribution in [-0.4, -0.2) is 18.2 Å². The highest BCUT2D eigenvalue weighted by atomic mass is 16.5. The smallest absolute Gasteiger partial charge is 0.0929 e. The molecule has 0 amide bonds. The Labute approximate surface area is 88.2 Å². The molecular formula is C12H25NO. The van der Waals surface area contributed by atoms with Crippen LogP contribution in [0.1, 0.15) is 48.0 Å².